The van der Waals surface area contributed by atoms with Gasteiger partial charge >= 0.3 is 0 Å². The van der Waals surface area contributed by atoms with Crippen molar-refractivity contribution in [2.24, 2.45) is 0 Å². The molecule has 0 aliphatic rings. The summed E-state index contributed by atoms with van der Waals surface area (Å²) in [6.07, 6.45) is 0.102. The molecule has 5 heteroatoms. The molecule has 0 aromatic heterocycles. The summed E-state index contributed by atoms with van der Waals surface area (Å²) in [4.78, 5) is 25.2. The lowest BCUT2D eigenvalue weighted by Gasteiger charge is -2.22. The van der Waals surface area contributed by atoms with Gasteiger partial charge in [-0.2, -0.15) is 0 Å². The summed E-state index contributed by atoms with van der Waals surface area (Å²) in [5.41, 5.74) is 1.19. The molecule has 0 aliphatic heterocycles. The summed E-state index contributed by atoms with van der Waals surface area (Å²) in [5, 5.41) is 2.89. The molecule has 0 fully saturated rings. The topological polar surface area (TPSA) is 49.4 Å². The van der Waals surface area contributed by atoms with Crippen LogP contribution in [0.3, 0.4) is 0 Å². The van der Waals surface area contributed by atoms with Gasteiger partial charge in [0.2, 0.25) is 11.8 Å². The molecule has 0 bridgehead atoms. The molecule has 0 saturated heterocycles. The van der Waals surface area contributed by atoms with Crippen molar-refractivity contribution in [2.75, 3.05) is 11.4 Å². The van der Waals surface area contributed by atoms with E-state index in [9.17, 15) is 14.0 Å². The summed E-state index contributed by atoms with van der Waals surface area (Å²) >= 11 is 0. The van der Waals surface area contributed by atoms with Gasteiger partial charge in [0, 0.05) is 19.9 Å². The third kappa shape index (κ3) is 4.65. The first kappa shape index (κ1) is 17.7. The van der Waals surface area contributed by atoms with E-state index >= 15 is 0 Å². The molecule has 1 N–H and O–H groups in total. The van der Waals surface area contributed by atoms with Crippen LogP contribution in [0, 0.1) is 5.82 Å². The highest BCUT2D eigenvalue weighted by molar-refractivity contribution is 5.92. The number of carbonyl (C=O) groups excluding carboxylic acids is 2. The number of benzene rings is 2. The monoisotopic (exact) mass is 328 g/mol. The van der Waals surface area contributed by atoms with Crippen LogP contribution in [0.25, 0.3) is 0 Å². The van der Waals surface area contributed by atoms with Gasteiger partial charge in [-0.05, 0) is 24.6 Å². The smallest absolute Gasteiger partial charge is 0.223 e. The Morgan fingerprint density at radius 3 is 2.33 bits per heavy atom. The van der Waals surface area contributed by atoms with Gasteiger partial charge in [-0.3, -0.25) is 9.59 Å². The standard InChI is InChI=1S/C19H21FN2O2/c1-14(16-8-4-3-5-9-16)21-19(24)12-13-22(15(2)23)18-11-7-6-10-17(18)20/h3-11,14H,12-13H2,1-2H3,(H,21,24). The van der Waals surface area contributed by atoms with Crippen molar-refractivity contribution in [1.29, 1.82) is 0 Å². The Labute approximate surface area is 141 Å². The zero-order chi connectivity index (χ0) is 17.5. The second-order valence-corrected chi connectivity index (χ2v) is 5.57. The van der Waals surface area contributed by atoms with Crippen molar-refractivity contribution in [3.8, 4) is 0 Å². The minimum Gasteiger partial charge on any atom is -0.350 e. The average Bonchev–Trinajstić information content (AvgIpc) is 2.57. The number of halogens is 1. The van der Waals surface area contributed by atoms with Crippen LogP contribution in [-0.2, 0) is 9.59 Å². The minimum absolute atomic E-state index is 0.102. The number of para-hydroxylation sites is 1. The Kier molecular flexibility index (Phi) is 6.07. The molecule has 0 radical (unpaired) electrons. The van der Waals surface area contributed by atoms with Gasteiger partial charge in [0.25, 0.3) is 0 Å². The largest absolute Gasteiger partial charge is 0.350 e. The lowest BCUT2D eigenvalue weighted by Crippen LogP contribution is -2.35. The van der Waals surface area contributed by atoms with E-state index in [4.69, 9.17) is 0 Å². The highest BCUT2D eigenvalue weighted by Gasteiger charge is 2.17. The van der Waals surface area contributed by atoms with Crippen molar-refractivity contribution >= 4 is 17.5 Å². The van der Waals surface area contributed by atoms with E-state index in [1.165, 1.54) is 24.0 Å². The molecule has 4 nitrogen and oxygen atoms in total. The van der Waals surface area contributed by atoms with Crippen LogP contribution < -0.4 is 10.2 Å². The molecule has 126 valence electrons. The quantitative estimate of drug-likeness (QED) is 0.883. The first-order valence-corrected chi connectivity index (χ1v) is 7.86. The van der Waals surface area contributed by atoms with Gasteiger partial charge in [0.05, 0.1) is 11.7 Å². The van der Waals surface area contributed by atoms with Crippen LogP contribution >= 0.6 is 0 Å². The van der Waals surface area contributed by atoms with E-state index in [1.54, 1.807) is 12.1 Å². The molecule has 24 heavy (non-hydrogen) atoms. The first-order chi connectivity index (χ1) is 11.5. The van der Waals surface area contributed by atoms with E-state index in [-0.39, 0.29) is 36.5 Å². The predicted octanol–water partition coefficient (Wildman–Crippen LogP) is 3.45. The van der Waals surface area contributed by atoms with Crippen LogP contribution in [0.1, 0.15) is 31.9 Å². The van der Waals surface area contributed by atoms with Crippen molar-refractivity contribution in [3.05, 3.63) is 66.0 Å². The second kappa shape index (κ2) is 8.24. The number of nitrogens with zero attached hydrogens (tertiary/aromatic N) is 1. The maximum Gasteiger partial charge on any atom is 0.223 e. The molecular weight excluding hydrogens is 307 g/mol. The Bertz CT molecular complexity index is 704. The Morgan fingerprint density at radius 1 is 1.08 bits per heavy atom. The second-order valence-electron chi connectivity index (χ2n) is 5.57. The van der Waals surface area contributed by atoms with Crippen LogP contribution in [-0.4, -0.2) is 18.4 Å². The zero-order valence-corrected chi connectivity index (χ0v) is 13.8. The van der Waals surface area contributed by atoms with Crippen molar-refractivity contribution in [3.63, 3.8) is 0 Å². The number of carbonyl (C=O) groups is 2. The molecule has 2 rings (SSSR count). The fourth-order valence-electron chi connectivity index (χ4n) is 2.47. The average molecular weight is 328 g/mol. The summed E-state index contributed by atoms with van der Waals surface area (Å²) in [6, 6.07) is 15.5. The van der Waals surface area contributed by atoms with Crippen molar-refractivity contribution in [2.45, 2.75) is 26.3 Å². The van der Waals surface area contributed by atoms with Crippen LogP contribution in [0.15, 0.2) is 54.6 Å². The zero-order valence-electron chi connectivity index (χ0n) is 13.8. The molecule has 2 aromatic carbocycles. The third-order valence-electron chi connectivity index (χ3n) is 3.76. The lowest BCUT2D eigenvalue weighted by molar-refractivity contribution is -0.121. The number of nitrogens with one attached hydrogen (secondary N) is 1. The lowest BCUT2D eigenvalue weighted by atomic mass is 10.1. The van der Waals surface area contributed by atoms with Crippen LogP contribution in [0.2, 0.25) is 0 Å². The van der Waals surface area contributed by atoms with Crippen LogP contribution in [0.5, 0.6) is 0 Å². The number of amides is 2. The molecular formula is C19H21FN2O2. The van der Waals surface area contributed by atoms with Gasteiger partial charge in [-0.1, -0.05) is 42.5 Å². The Hall–Kier alpha value is -2.69. The normalized spacial score (nSPS) is 11.6. The molecule has 2 amide bonds. The first-order valence-electron chi connectivity index (χ1n) is 7.86. The van der Waals surface area contributed by atoms with Gasteiger partial charge in [0.1, 0.15) is 5.82 Å². The summed E-state index contributed by atoms with van der Waals surface area (Å²) < 4.78 is 13.9. The van der Waals surface area contributed by atoms with Crippen molar-refractivity contribution in [1.82, 2.24) is 5.32 Å². The van der Waals surface area contributed by atoms with Crippen LogP contribution in [0.4, 0.5) is 10.1 Å². The summed E-state index contributed by atoms with van der Waals surface area (Å²) in [5.74, 6) is -0.969. The highest BCUT2D eigenvalue weighted by Crippen LogP contribution is 2.19. The van der Waals surface area contributed by atoms with Gasteiger partial charge < -0.3 is 10.2 Å². The fourth-order valence-corrected chi connectivity index (χ4v) is 2.47. The third-order valence-corrected chi connectivity index (χ3v) is 3.76. The minimum atomic E-state index is -0.481. The molecule has 0 spiro atoms. The maximum atomic E-state index is 13.9. The highest BCUT2D eigenvalue weighted by atomic mass is 19.1. The number of hydrogen-bond donors (Lipinski definition) is 1. The van der Waals surface area contributed by atoms with E-state index in [0.717, 1.165) is 5.56 Å². The fraction of sp³-hybridized carbons (Fsp3) is 0.263. The van der Waals surface area contributed by atoms with Gasteiger partial charge in [0.15, 0.2) is 0 Å². The molecule has 1 atom stereocenters. The van der Waals surface area contributed by atoms with E-state index in [0.29, 0.717) is 0 Å². The molecule has 0 saturated carbocycles. The number of anilines is 1. The summed E-state index contributed by atoms with van der Waals surface area (Å²) in [7, 11) is 0. The van der Waals surface area contributed by atoms with E-state index < -0.39 is 5.82 Å². The molecule has 0 aliphatic carbocycles. The van der Waals surface area contributed by atoms with Gasteiger partial charge in [-0.25, -0.2) is 4.39 Å². The molecule has 0 heterocycles. The van der Waals surface area contributed by atoms with E-state index in [1.807, 2.05) is 37.3 Å². The van der Waals surface area contributed by atoms with Gasteiger partial charge in [-0.15, -0.1) is 0 Å². The molecule has 2 aromatic rings. The Balaban J connectivity index is 1.96. The number of rotatable bonds is 6. The number of hydrogen-bond acceptors (Lipinski definition) is 2. The maximum absolute atomic E-state index is 13.9. The summed E-state index contributed by atoms with van der Waals surface area (Å²) in [6.45, 7) is 3.38. The SMILES string of the molecule is CC(=O)N(CCC(=O)NC(C)c1ccccc1)c1ccccc1F. The van der Waals surface area contributed by atoms with Crippen molar-refractivity contribution < 1.29 is 14.0 Å². The molecule has 1 unspecified atom stereocenters. The predicted molar refractivity (Wildman–Crippen MR) is 92.0 cm³/mol. The Morgan fingerprint density at radius 2 is 1.71 bits per heavy atom. The van der Waals surface area contributed by atoms with E-state index in [2.05, 4.69) is 5.32 Å².